The van der Waals surface area contributed by atoms with E-state index in [0.717, 1.165) is 94.9 Å². The number of aryl methyl sites for hydroxylation is 4. The van der Waals surface area contributed by atoms with E-state index in [2.05, 4.69) is 161 Å². The van der Waals surface area contributed by atoms with E-state index >= 15 is 0 Å². The molecule has 10 heterocycles. The quantitative estimate of drug-likeness (QED) is 0.0154. The van der Waals surface area contributed by atoms with E-state index in [4.69, 9.17) is 38.7 Å². The number of carbonyl (C=O) groups is 2. The first-order chi connectivity index (χ1) is 42.5. The molecule has 21 heteroatoms. The van der Waals surface area contributed by atoms with Gasteiger partial charge in [-0.2, -0.15) is 5.26 Å². The molecule has 439 valence electrons. The van der Waals surface area contributed by atoms with Crippen LogP contribution in [-0.2, 0) is 65.0 Å². The molecule has 19 nitrogen and oxygen atoms in total. The summed E-state index contributed by atoms with van der Waals surface area (Å²) in [5.74, 6) is -0.434. The summed E-state index contributed by atoms with van der Waals surface area (Å²) in [6.07, 6.45) is 24.0. The molecule has 9 aromatic rings. The Bertz CT molecular complexity index is 4170. The number of rotatable bonds is 16. The van der Waals surface area contributed by atoms with E-state index in [0.29, 0.717) is 62.0 Å². The predicted molar refractivity (Wildman–Crippen MR) is 329 cm³/mol. The summed E-state index contributed by atoms with van der Waals surface area (Å²) in [6.45, 7) is 17.4. The van der Waals surface area contributed by atoms with Crippen LogP contribution in [0.5, 0.6) is 0 Å². The number of aromatic nitrogens is 9. The summed E-state index contributed by atoms with van der Waals surface area (Å²) < 4.78 is 40.0. The van der Waals surface area contributed by atoms with Crippen molar-refractivity contribution in [3.8, 4) is 61.3 Å². The van der Waals surface area contributed by atoms with Gasteiger partial charge in [0, 0.05) is 138 Å². The Morgan fingerprint density at radius 1 is 0.511 bits per heavy atom. The number of nitrogens with one attached hydrogen (secondary N) is 4. The van der Waals surface area contributed by atoms with Gasteiger partial charge in [0.15, 0.2) is 37.2 Å². The van der Waals surface area contributed by atoms with Crippen molar-refractivity contribution in [3.63, 3.8) is 0 Å². The molecule has 8 bridgehead atoms. The summed E-state index contributed by atoms with van der Waals surface area (Å²) in [5, 5.41) is 14.5. The van der Waals surface area contributed by atoms with Gasteiger partial charge in [0.25, 0.3) is 11.8 Å². The SMILES string of the molecule is Cc1ccnc(-c2cc(C(=O)NCCOCCOCCNC(=O)c3ccc(-c4c5nc(c(-c6cc[n+](C)cc6)c6ccc([nH]6)c(-c6cc[n+](C)cc6)c6nc(c(-c7cc[n+](C)cc7)c7ccc4[nH]7)C=C6)C=C5)cc3)ccn2)c1.N#CS.[C-]#[O+].[C-]#[O+].[C-]#[O+].[Re]. The van der Waals surface area contributed by atoms with Crippen molar-refractivity contribution in [2.75, 3.05) is 39.5 Å². The van der Waals surface area contributed by atoms with Gasteiger partial charge in [-0.3, -0.25) is 19.6 Å². The van der Waals surface area contributed by atoms with Crippen molar-refractivity contribution in [1.82, 2.24) is 40.5 Å². The van der Waals surface area contributed by atoms with Crippen LogP contribution in [0.4, 0.5) is 0 Å². The Balaban J connectivity index is 0.00000118. The molecule has 0 saturated heterocycles. The molecule has 0 aliphatic carbocycles. The summed E-state index contributed by atoms with van der Waals surface area (Å²) in [6, 6.07) is 36.0. The topological polar surface area (TPSA) is 255 Å². The maximum atomic E-state index is 13.5. The minimum Gasteiger partial charge on any atom is 0 e. The fourth-order valence-electron chi connectivity index (χ4n) is 9.60. The van der Waals surface area contributed by atoms with Gasteiger partial charge in [-0.15, -0.1) is 0 Å². The average Bonchev–Trinajstić information content (AvgIpc) is 2.47. The number of thiocyanates is 1. The van der Waals surface area contributed by atoms with Crippen molar-refractivity contribution in [1.29, 1.82) is 5.26 Å². The first-order valence-corrected chi connectivity index (χ1v) is 27.4. The molecular weight excluding hydrogens is 1300 g/mol. The van der Waals surface area contributed by atoms with Crippen LogP contribution in [0.3, 0.4) is 0 Å². The summed E-state index contributed by atoms with van der Waals surface area (Å²) in [7, 11) is 6.04. The second-order valence-electron chi connectivity index (χ2n) is 19.3. The molecule has 1 radical (unpaired) electrons. The number of carbonyl (C=O) groups excluding carboxylic acids is 2. The standard InChI is InChI=1S/C63H55N11O4.CHNS.3CO.Re/c1-41-17-25-64-56(39-41)57-40-47(18-26-65-57)63(76)67-28-36-78-38-37-77-35-27-66-62(75)46-7-5-42(6-8-46)58-48-9-11-50(68-48)59(43-19-29-72(2)30-20-43)52-13-15-54(70-52)61(45-23-33-74(4)34-24-45)55-16-14-53(71-55)60(51-12-10-49(58)69-51)44-21-31-73(3)32-22-44;2-1-3;3*1-2;/h5-26,29-34,39-40H,27-28,35-38H2,1-4H3,(H-2,66,67,68,69,70,71,75,76);3H;;;;/p+3. The number of thiol groups is 1. The van der Waals surface area contributed by atoms with Crippen molar-refractivity contribution in [2.24, 2.45) is 21.1 Å². The third kappa shape index (κ3) is 17.0. The largest absolute Gasteiger partial charge is 0 e. The van der Waals surface area contributed by atoms with Crippen LogP contribution in [0.25, 0.3) is 102 Å². The molecule has 0 saturated carbocycles. The van der Waals surface area contributed by atoms with Crippen LogP contribution in [0.2, 0.25) is 0 Å². The number of benzene rings is 1. The van der Waals surface area contributed by atoms with Crippen molar-refractivity contribution in [2.45, 2.75) is 6.92 Å². The normalized spacial score (nSPS) is 10.6. The number of ether oxygens (including phenoxy) is 2. The number of amides is 2. The molecule has 1 aromatic carbocycles. The fourth-order valence-corrected chi connectivity index (χ4v) is 9.60. The second-order valence-corrected chi connectivity index (χ2v) is 19.5. The summed E-state index contributed by atoms with van der Waals surface area (Å²) in [4.78, 5) is 53.5. The zero-order valence-corrected chi connectivity index (χ0v) is 51.9. The summed E-state index contributed by atoms with van der Waals surface area (Å²) >= 11 is 3.09. The first-order valence-electron chi connectivity index (χ1n) is 26.9. The molecule has 2 aliphatic heterocycles. The number of nitriles is 1. The van der Waals surface area contributed by atoms with E-state index in [-0.39, 0.29) is 32.2 Å². The number of fused-ring (bicyclic) bond motifs is 8. The molecule has 11 rings (SSSR count). The molecule has 8 aromatic heterocycles. The van der Waals surface area contributed by atoms with Gasteiger partial charge in [-0.1, -0.05) is 24.8 Å². The molecular formula is C67H59N12O7ReS+3. The molecule has 4 N–H and O–H groups in total. The second kappa shape index (κ2) is 33.7. The van der Waals surface area contributed by atoms with Crippen LogP contribution >= 0.6 is 12.6 Å². The fraction of sp³-hybridized carbons (Fsp3) is 0.149. The minimum atomic E-state index is -0.218. The van der Waals surface area contributed by atoms with E-state index in [1.165, 1.54) is 5.40 Å². The van der Waals surface area contributed by atoms with Crippen LogP contribution in [0.1, 0.15) is 49.1 Å². The Labute approximate surface area is 527 Å². The van der Waals surface area contributed by atoms with Crippen LogP contribution in [-0.4, -0.2) is 81.2 Å². The summed E-state index contributed by atoms with van der Waals surface area (Å²) in [5.41, 5.74) is 17.9. The van der Waals surface area contributed by atoms with Gasteiger partial charge in [0.05, 0.1) is 60.6 Å². The van der Waals surface area contributed by atoms with Gasteiger partial charge in [0.2, 0.25) is 0 Å². The molecule has 2 amide bonds. The Kier molecular flexibility index (Phi) is 25.8. The van der Waals surface area contributed by atoms with E-state index in [1.54, 1.807) is 24.5 Å². The number of pyridine rings is 5. The molecule has 88 heavy (non-hydrogen) atoms. The van der Waals surface area contributed by atoms with Crippen molar-refractivity contribution >= 4 is 70.8 Å². The van der Waals surface area contributed by atoms with Gasteiger partial charge >= 0.3 is 33.9 Å². The van der Waals surface area contributed by atoms with Crippen molar-refractivity contribution in [3.05, 3.63) is 218 Å². The maximum absolute atomic E-state index is 13.5. The number of hydrogen-bond acceptors (Lipinski definition) is 10. The monoisotopic (exact) mass is 1360 g/mol. The Morgan fingerprint density at radius 3 is 1.20 bits per heavy atom. The molecule has 0 atom stereocenters. The van der Waals surface area contributed by atoms with E-state index < -0.39 is 0 Å². The van der Waals surface area contributed by atoms with Gasteiger partial charge in [-0.05, 0) is 120 Å². The smallest absolute Gasteiger partial charge is 0 e. The number of H-pyrrole nitrogens is 2. The van der Waals surface area contributed by atoms with Crippen LogP contribution in [0.15, 0.2) is 159 Å². The van der Waals surface area contributed by atoms with Crippen molar-refractivity contribution < 1.29 is 67.1 Å². The third-order valence-corrected chi connectivity index (χ3v) is 13.6. The third-order valence-electron chi connectivity index (χ3n) is 13.6. The van der Waals surface area contributed by atoms with Gasteiger partial charge in [-0.25, -0.2) is 23.7 Å². The van der Waals surface area contributed by atoms with E-state index in [9.17, 15) is 9.59 Å². The zero-order chi connectivity index (χ0) is 62.2. The molecule has 0 unspecified atom stereocenters. The molecule has 0 spiro atoms. The Morgan fingerprint density at radius 2 is 0.841 bits per heavy atom. The Hall–Kier alpha value is -9.85. The van der Waals surface area contributed by atoms with E-state index in [1.807, 2.05) is 103 Å². The van der Waals surface area contributed by atoms with Gasteiger partial charge < -0.3 is 30.1 Å². The minimum absolute atomic E-state index is 0. The van der Waals surface area contributed by atoms with Crippen LogP contribution < -0.4 is 24.3 Å². The predicted octanol–water partition coefficient (Wildman–Crippen LogP) is 9.04. The maximum Gasteiger partial charge on any atom is 0 e. The van der Waals surface area contributed by atoms with Crippen LogP contribution in [0, 0.1) is 37.5 Å². The molecule has 0 fully saturated rings. The average molecular weight is 1360 g/mol. The number of aromatic amines is 2. The number of nitrogens with zero attached hydrogens (tertiary/aromatic N) is 8. The van der Waals surface area contributed by atoms with Gasteiger partial charge in [0.1, 0.15) is 26.5 Å². The first kappa shape index (κ1) is 67.3. The molecule has 2 aliphatic rings. The zero-order valence-electron chi connectivity index (χ0n) is 48.3. The number of hydrogen-bond donors (Lipinski definition) is 5.